The van der Waals surface area contributed by atoms with Gasteiger partial charge in [0.05, 0.1) is 5.69 Å². The molecule has 0 spiro atoms. The van der Waals surface area contributed by atoms with Crippen LogP contribution in [0.15, 0.2) is 27.8 Å². The van der Waals surface area contributed by atoms with Gasteiger partial charge in [-0.15, -0.1) is 12.4 Å². The maximum Gasteiger partial charge on any atom is 0.326 e. The minimum atomic E-state index is -0.488. The molecule has 0 unspecified atom stereocenters. The number of rotatable bonds is 2. The number of aryl methyl sites for hydroxylation is 1. The lowest BCUT2D eigenvalue weighted by molar-refractivity contribution is 0.211. The van der Waals surface area contributed by atoms with Gasteiger partial charge in [0.2, 0.25) is 5.96 Å². The number of carbonyl (C=O) groups excluding carboxylic acids is 1. The molecule has 0 aromatic heterocycles. The average Bonchev–Trinajstić information content (AvgIpc) is 2.24. The maximum atomic E-state index is 11.5. The number of urea groups is 1. The van der Waals surface area contributed by atoms with E-state index in [2.05, 4.69) is 36.6 Å². The molecular weight excluding hydrogens is 323 g/mol. The van der Waals surface area contributed by atoms with Crippen molar-refractivity contribution in [1.82, 2.24) is 5.32 Å². The summed E-state index contributed by atoms with van der Waals surface area (Å²) in [5, 5.41) is 8.33. The molecule has 0 saturated heterocycles. The number of nitrogens with one attached hydrogen (secondary N) is 2. The lowest BCUT2D eigenvalue weighted by Crippen LogP contribution is -2.39. The van der Waals surface area contributed by atoms with Gasteiger partial charge >= 0.3 is 6.03 Å². The van der Waals surface area contributed by atoms with E-state index in [4.69, 9.17) is 5.73 Å². The smallest absolute Gasteiger partial charge is 0.326 e. The Hall–Kier alpha value is -1.47. The summed E-state index contributed by atoms with van der Waals surface area (Å²) in [7, 11) is 1.34. The number of carbonyl (C=O) groups is 1. The molecule has 4 N–H and O–H groups in total. The van der Waals surface area contributed by atoms with Crippen molar-refractivity contribution in [2.75, 3.05) is 12.4 Å². The molecule has 2 amide bonds. The van der Waals surface area contributed by atoms with E-state index in [1.165, 1.54) is 7.11 Å². The summed E-state index contributed by atoms with van der Waals surface area (Å²) in [6.45, 7) is 1.88. The van der Waals surface area contributed by atoms with E-state index in [1.54, 1.807) is 0 Å². The zero-order valence-corrected chi connectivity index (χ0v) is 12.3. The van der Waals surface area contributed by atoms with Gasteiger partial charge in [-0.2, -0.15) is 0 Å². The predicted octanol–water partition coefficient (Wildman–Crippen LogP) is 2.18. The number of anilines is 1. The molecule has 1 aromatic carbocycles. The van der Waals surface area contributed by atoms with Gasteiger partial charge in [-0.1, -0.05) is 12.1 Å². The summed E-state index contributed by atoms with van der Waals surface area (Å²) in [6.07, 6.45) is 0. The third-order valence-electron chi connectivity index (χ3n) is 1.89. The normalized spacial score (nSPS) is 10.3. The molecule has 6 nitrogen and oxygen atoms in total. The van der Waals surface area contributed by atoms with Gasteiger partial charge in [0.15, 0.2) is 0 Å². The van der Waals surface area contributed by atoms with Crippen molar-refractivity contribution in [3.8, 4) is 0 Å². The zero-order valence-electron chi connectivity index (χ0n) is 9.86. The molecule has 0 saturated carbocycles. The number of nitrogens with zero attached hydrogens (tertiary/aromatic N) is 1. The first-order valence-corrected chi connectivity index (χ1v) is 5.53. The highest BCUT2D eigenvalue weighted by atomic mass is 79.9. The quantitative estimate of drug-likeness (QED) is 0.439. The summed E-state index contributed by atoms with van der Waals surface area (Å²) in [6, 6.07) is 5.10. The second kappa shape index (κ2) is 7.78. The summed E-state index contributed by atoms with van der Waals surface area (Å²) < 4.78 is 0.787. The van der Waals surface area contributed by atoms with Crippen LogP contribution in [-0.4, -0.2) is 19.1 Å². The van der Waals surface area contributed by atoms with Crippen molar-refractivity contribution >= 4 is 46.0 Å². The van der Waals surface area contributed by atoms with Crippen LogP contribution in [0.2, 0.25) is 0 Å². The molecule has 0 aliphatic rings. The van der Waals surface area contributed by atoms with Gasteiger partial charge in [-0.25, -0.2) is 4.79 Å². The van der Waals surface area contributed by atoms with Crippen LogP contribution in [0.5, 0.6) is 0 Å². The highest BCUT2D eigenvalue weighted by molar-refractivity contribution is 9.10. The Morgan fingerprint density at radius 3 is 2.72 bits per heavy atom. The Labute approximate surface area is 119 Å². The van der Waals surface area contributed by atoms with E-state index < -0.39 is 6.03 Å². The molecule has 0 radical (unpaired) electrons. The molecule has 0 fully saturated rings. The van der Waals surface area contributed by atoms with E-state index >= 15 is 0 Å². The third-order valence-corrected chi connectivity index (χ3v) is 2.55. The van der Waals surface area contributed by atoms with Crippen molar-refractivity contribution in [3.05, 3.63) is 28.2 Å². The SMILES string of the molecule is CO/N=C(\N)NC(=O)Nc1c(C)cccc1Br.Cl. The third kappa shape index (κ3) is 4.80. The number of halogens is 2. The first kappa shape index (κ1) is 16.5. The lowest BCUT2D eigenvalue weighted by Gasteiger charge is -2.10. The molecule has 1 aromatic rings. The van der Waals surface area contributed by atoms with Crippen molar-refractivity contribution < 1.29 is 9.63 Å². The second-order valence-corrected chi connectivity index (χ2v) is 4.02. The van der Waals surface area contributed by atoms with Crippen LogP contribution >= 0.6 is 28.3 Å². The first-order valence-electron chi connectivity index (χ1n) is 4.74. The molecule has 8 heteroatoms. The number of para-hydroxylation sites is 1. The van der Waals surface area contributed by atoms with E-state index in [9.17, 15) is 4.79 Å². The van der Waals surface area contributed by atoms with E-state index in [0.29, 0.717) is 5.69 Å². The largest absolute Gasteiger partial charge is 0.396 e. The monoisotopic (exact) mass is 336 g/mol. The second-order valence-electron chi connectivity index (χ2n) is 3.17. The fraction of sp³-hybridized carbons (Fsp3) is 0.200. The summed E-state index contributed by atoms with van der Waals surface area (Å²) >= 11 is 3.34. The molecule has 100 valence electrons. The number of amides is 2. The number of benzene rings is 1. The Kier molecular flexibility index (Phi) is 7.14. The number of hydrogen-bond acceptors (Lipinski definition) is 3. The highest BCUT2D eigenvalue weighted by Crippen LogP contribution is 2.25. The van der Waals surface area contributed by atoms with Gasteiger partial charge < -0.3 is 15.9 Å². The highest BCUT2D eigenvalue weighted by Gasteiger charge is 2.08. The Morgan fingerprint density at radius 1 is 1.50 bits per heavy atom. The first-order chi connectivity index (χ1) is 8.04. The number of nitrogens with two attached hydrogens (primary N) is 1. The van der Waals surface area contributed by atoms with Crippen molar-refractivity contribution in [2.45, 2.75) is 6.92 Å². The van der Waals surface area contributed by atoms with Crippen molar-refractivity contribution in [2.24, 2.45) is 10.9 Å². The predicted molar refractivity (Wildman–Crippen MR) is 76.9 cm³/mol. The summed E-state index contributed by atoms with van der Waals surface area (Å²) in [4.78, 5) is 16.0. The molecular formula is C10H14BrClN4O2. The number of oxime groups is 1. The van der Waals surface area contributed by atoms with Gasteiger partial charge in [0, 0.05) is 4.47 Å². The lowest BCUT2D eigenvalue weighted by atomic mass is 10.2. The topological polar surface area (TPSA) is 88.7 Å². The van der Waals surface area contributed by atoms with Gasteiger partial charge in [0.1, 0.15) is 7.11 Å². The molecule has 0 aliphatic heterocycles. The average molecular weight is 338 g/mol. The van der Waals surface area contributed by atoms with Crippen molar-refractivity contribution in [1.29, 1.82) is 0 Å². The summed E-state index contributed by atoms with van der Waals surface area (Å²) in [5.41, 5.74) is 6.96. The van der Waals surface area contributed by atoms with Crippen LogP contribution in [-0.2, 0) is 4.84 Å². The van der Waals surface area contributed by atoms with Crippen LogP contribution in [0.4, 0.5) is 10.5 Å². The van der Waals surface area contributed by atoms with Crippen molar-refractivity contribution in [3.63, 3.8) is 0 Å². The van der Waals surface area contributed by atoms with E-state index in [-0.39, 0.29) is 18.4 Å². The summed E-state index contributed by atoms with van der Waals surface area (Å²) in [5.74, 6) is -0.116. The van der Waals surface area contributed by atoms with Crippen LogP contribution in [0, 0.1) is 6.92 Å². The van der Waals surface area contributed by atoms with Crippen LogP contribution < -0.4 is 16.4 Å². The molecule has 18 heavy (non-hydrogen) atoms. The fourth-order valence-corrected chi connectivity index (χ4v) is 1.74. The molecule has 1 rings (SSSR count). The molecule has 0 aliphatic carbocycles. The Bertz CT molecular complexity index is 433. The van der Waals surface area contributed by atoms with E-state index in [0.717, 1.165) is 10.0 Å². The Balaban J connectivity index is 0.00000289. The van der Waals surface area contributed by atoms with Gasteiger partial charge in [-0.05, 0) is 39.6 Å². The van der Waals surface area contributed by atoms with E-state index in [1.807, 2.05) is 25.1 Å². The van der Waals surface area contributed by atoms with Crippen LogP contribution in [0.25, 0.3) is 0 Å². The standard InChI is InChI=1S/C10H13BrN4O2.ClH/c1-6-4-3-5-7(11)8(6)13-10(16)14-9(12)15-17-2;/h3-5H,1-2H3,(H4,12,13,14,15,16);1H. The minimum Gasteiger partial charge on any atom is -0.396 e. The number of hydrogen-bond donors (Lipinski definition) is 3. The van der Waals surface area contributed by atoms with Crippen LogP contribution in [0.3, 0.4) is 0 Å². The van der Waals surface area contributed by atoms with Gasteiger partial charge in [-0.3, -0.25) is 5.32 Å². The number of guanidine groups is 1. The fourth-order valence-electron chi connectivity index (χ4n) is 1.17. The molecule has 0 heterocycles. The Morgan fingerprint density at radius 2 is 2.17 bits per heavy atom. The van der Waals surface area contributed by atoms with Gasteiger partial charge in [0.25, 0.3) is 0 Å². The molecule has 0 atom stereocenters. The minimum absolute atomic E-state index is 0. The zero-order chi connectivity index (χ0) is 12.8. The maximum absolute atomic E-state index is 11.5. The molecule has 0 bridgehead atoms. The van der Waals surface area contributed by atoms with Crippen LogP contribution in [0.1, 0.15) is 5.56 Å².